The number of anilines is 1. The zero-order valence-electron chi connectivity index (χ0n) is 20.9. The van der Waals surface area contributed by atoms with Gasteiger partial charge in [-0.05, 0) is 78.4 Å². The van der Waals surface area contributed by atoms with Crippen molar-refractivity contribution in [3.8, 4) is 11.4 Å². The van der Waals surface area contributed by atoms with Crippen molar-refractivity contribution >= 4 is 28.6 Å². The highest BCUT2D eigenvalue weighted by Crippen LogP contribution is 2.37. The van der Waals surface area contributed by atoms with Gasteiger partial charge in [-0.15, -0.1) is 0 Å². The average molecular weight is 482 g/mol. The lowest BCUT2D eigenvalue weighted by Crippen LogP contribution is -2.14. The van der Waals surface area contributed by atoms with Crippen molar-refractivity contribution in [1.82, 2.24) is 9.55 Å². The molecule has 0 atom stereocenters. The van der Waals surface area contributed by atoms with Crippen molar-refractivity contribution in [2.45, 2.75) is 57.9 Å². The van der Waals surface area contributed by atoms with Crippen LogP contribution in [0.1, 0.15) is 78.8 Å². The second-order valence-electron chi connectivity index (χ2n) is 10.6. The topological polar surface area (TPSA) is 84.2 Å². The van der Waals surface area contributed by atoms with Gasteiger partial charge in [-0.3, -0.25) is 4.79 Å². The molecule has 5 rings (SSSR count). The van der Waals surface area contributed by atoms with Crippen molar-refractivity contribution in [2.24, 2.45) is 0 Å². The molecule has 1 aromatic heterocycles. The summed E-state index contributed by atoms with van der Waals surface area (Å²) in [7, 11) is 0. The largest absolute Gasteiger partial charge is 0.478 e. The molecule has 1 aliphatic carbocycles. The summed E-state index contributed by atoms with van der Waals surface area (Å²) in [6.07, 6.45) is 4.53. The minimum Gasteiger partial charge on any atom is -0.478 e. The third-order valence-corrected chi connectivity index (χ3v) is 7.04. The first-order valence-electron chi connectivity index (χ1n) is 12.5. The molecule has 1 saturated carbocycles. The van der Waals surface area contributed by atoms with Crippen LogP contribution in [0.15, 0.2) is 66.7 Å². The Morgan fingerprint density at radius 2 is 1.56 bits per heavy atom. The van der Waals surface area contributed by atoms with Gasteiger partial charge >= 0.3 is 5.97 Å². The molecule has 36 heavy (non-hydrogen) atoms. The number of hydrogen-bond acceptors (Lipinski definition) is 3. The molecular formula is C30H31N3O3. The standard InChI is InChI=1S/C30H31N3O3/c1-30(2,3)22-13-8-20(9-14-22)28(34)31-23-15-10-19(11-16-23)27-32-25-18-21(29(35)36)12-17-26(25)33(27)24-6-4-5-7-24/h8-18,24H,4-7H2,1-3H3,(H,31,34)(H,35,36). The highest BCUT2D eigenvalue weighted by molar-refractivity contribution is 6.04. The Labute approximate surface area is 211 Å². The molecular weight excluding hydrogens is 450 g/mol. The molecule has 0 saturated heterocycles. The molecule has 184 valence electrons. The van der Waals surface area contributed by atoms with Gasteiger partial charge in [-0.25, -0.2) is 9.78 Å². The molecule has 0 unspecified atom stereocenters. The van der Waals surface area contributed by atoms with Gasteiger partial charge in [0.2, 0.25) is 0 Å². The predicted molar refractivity (Wildman–Crippen MR) is 143 cm³/mol. The molecule has 0 aliphatic heterocycles. The van der Waals surface area contributed by atoms with Crippen LogP contribution < -0.4 is 5.32 Å². The SMILES string of the molecule is CC(C)(C)c1ccc(C(=O)Nc2ccc(-c3nc4cc(C(=O)O)ccc4n3C3CCCC3)cc2)cc1. The smallest absolute Gasteiger partial charge is 0.335 e. The first-order valence-corrected chi connectivity index (χ1v) is 12.5. The van der Waals surface area contributed by atoms with Crippen LogP contribution >= 0.6 is 0 Å². The molecule has 0 spiro atoms. The fourth-order valence-corrected chi connectivity index (χ4v) is 5.00. The van der Waals surface area contributed by atoms with Crippen LogP contribution in [0.5, 0.6) is 0 Å². The monoisotopic (exact) mass is 481 g/mol. The summed E-state index contributed by atoms with van der Waals surface area (Å²) in [6, 6.07) is 20.9. The van der Waals surface area contributed by atoms with Crippen molar-refractivity contribution in [2.75, 3.05) is 5.32 Å². The summed E-state index contributed by atoms with van der Waals surface area (Å²) in [6.45, 7) is 6.45. The lowest BCUT2D eigenvalue weighted by molar-refractivity contribution is 0.0696. The van der Waals surface area contributed by atoms with Crippen LogP contribution in [0.2, 0.25) is 0 Å². The summed E-state index contributed by atoms with van der Waals surface area (Å²) in [5.74, 6) is -0.278. The predicted octanol–water partition coefficient (Wildman–Crippen LogP) is 7.07. The molecule has 6 nitrogen and oxygen atoms in total. The highest BCUT2D eigenvalue weighted by Gasteiger charge is 2.24. The molecule has 0 radical (unpaired) electrons. The van der Waals surface area contributed by atoms with E-state index < -0.39 is 5.97 Å². The fourth-order valence-electron chi connectivity index (χ4n) is 5.00. The Kier molecular flexibility index (Phi) is 6.12. The summed E-state index contributed by atoms with van der Waals surface area (Å²) in [5, 5.41) is 12.4. The van der Waals surface area contributed by atoms with E-state index in [4.69, 9.17) is 4.98 Å². The van der Waals surface area contributed by atoms with E-state index >= 15 is 0 Å². The summed E-state index contributed by atoms with van der Waals surface area (Å²) in [5.41, 5.74) is 5.36. The number of nitrogens with one attached hydrogen (secondary N) is 1. The van der Waals surface area contributed by atoms with Crippen LogP contribution in [0.25, 0.3) is 22.4 Å². The van der Waals surface area contributed by atoms with Gasteiger partial charge in [0.05, 0.1) is 16.6 Å². The van der Waals surface area contributed by atoms with E-state index in [-0.39, 0.29) is 16.9 Å². The molecule has 1 fully saturated rings. The molecule has 2 N–H and O–H groups in total. The van der Waals surface area contributed by atoms with Crippen LogP contribution in [-0.4, -0.2) is 26.5 Å². The van der Waals surface area contributed by atoms with Gasteiger partial charge < -0.3 is 15.0 Å². The van der Waals surface area contributed by atoms with Gasteiger partial charge in [0.15, 0.2) is 0 Å². The number of benzene rings is 3. The van der Waals surface area contributed by atoms with E-state index in [1.165, 1.54) is 18.4 Å². The van der Waals surface area contributed by atoms with E-state index in [0.717, 1.165) is 29.7 Å². The third kappa shape index (κ3) is 4.63. The number of carboxylic acids is 1. The van der Waals surface area contributed by atoms with E-state index in [2.05, 4.69) is 30.7 Å². The number of carbonyl (C=O) groups is 2. The molecule has 6 heteroatoms. The Morgan fingerprint density at radius 1 is 0.917 bits per heavy atom. The first kappa shape index (κ1) is 23.8. The lowest BCUT2D eigenvalue weighted by Gasteiger charge is -2.19. The number of carbonyl (C=O) groups excluding carboxylic acids is 1. The quantitative estimate of drug-likeness (QED) is 0.319. The van der Waals surface area contributed by atoms with E-state index in [1.807, 2.05) is 54.6 Å². The minimum atomic E-state index is -0.956. The summed E-state index contributed by atoms with van der Waals surface area (Å²) < 4.78 is 2.26. The normalized spacial score (nSPS) is 14.3. The lowest BCUT2D eigenvalue weighted by atomic mass is 9.87. The zero-order chi connectivity index (χ0) is 25.4. The Bertz CT molecular complexity index is 1420. The number of imidazole rings is 1. The molecule has 1 amide bonds. The fraction of sp³-hybridized carbons (Fsp3) is 0.300. The maximum absolute atomic E-state index is 12.8. The number of aromatic carboxylic acids is 1. The van der Waals surface area contributed by atoms with Crippen LogP contribution in [0.4, 0.5) is 5.69 Å². The molecule has 1 heterocycles. The molecule has 1 aliphatic rings. The summed E-state index contributed by atoms with van der Waals surface area (Å²) >= 11 is 0. The van der Waals surface area contributed by atoms with E-state index in [0.29, 0.717) is 22.8 Å². The van der Waals surface area contributed by atoms with E-state index in [1.54, 1.807) is 12.1 Å². The number of nitrogens with zero attached hydrogens (tertiary/aromatic N) is 2. The average Bonchev–Trinajstić information content (AvgIpc) is 3.51. The maximum atomic E-state index is 12.8. The zero-order valence-corrected chi connectivity index (χ0v) is 20.9. The number of fused-ring (bicyclic) bond motifs is 1. The van der Waals surface area contributed by atoms with Crippen LogP contribution in [-0.2, 0) is 5.41 Å². The third-order valence-electron chi connectivity index (χ3n) is 7.04. The summed E-state index contributed by atoms with van der Waals surface area (Å²) in [4.78, 5) is 29.1. The van der Waals surface area contributed by atoms with E-state index in [9.17, 15) is 14.7 Å². The van der Waals surface area contributed by atoms with Crippen LogP contribution in [0, 0.1) is 0 Å². The second-order valence-corrected chi connectivity index (χ2v) is 10.6. The highest BCUT2D eigenvalue weighted by atomic mass is 16.4. The van der Waals surface area contributed by atoms with Crippen LogP contribution in [0.3, 0.4) is 0 Å². The Hall–Kier alpha value is -3.93. The number of amides is 1. The van der Waals surface area contributed by atoms with Gasteiger partial charge in [-0.2, -0.15) is 0 Å². The Balaban J connectivity index is 1.42. The maximum Gasteiger partial charge on any atom is 0.335 e. The minimum absolute atomic E-state index is 0.0367. The number of rotatable bonds is 5. The molecule has 0 bridgehead atoms. The number of aromatic nitrogens is 2. The van der Waals surface area contributed by atoms with Gasteiger partial charge in [0, 0.05) is 22.9 Å². The van der Waals surface area contributed by atoms with Gasteiger partial charge in [0.1, 0.15) is 5.82 Å². The van der Waals surface area contributed by atoms with Crippen molar-refractivity contribution in [3.05, 3.63) is 83.4 Å². The first-order chi connectivity index (χ1) is 17.2. The van der Waals surface area contributed by atoms with Gasteiger partial charge in [-0.1, -0.05) is 45.7 Å². The van der Waals surface area contributed by atoms with Crippen molar-refractivity contribution < 1.29 is 14.7 Å². The molecule has 4 aromatic rings. The Morgan fingerprint density at radius 3 is 2.17 bits per heavy atom. The number of carboxylic acid groups (broad SMARTS) is 1. The second kappa shape index (κ2) is 9.26. The molecule has 3 aromatic carbocycles. The van der Waals surface area contributed by atoms with Crippen molar-refractivity contribution in [3.63, 3.8) is 0 Å². The van der Waals surface area contributed by atoms with Gasteiger partial charge in [0.25, 0.3) is 5.91 Å². The number of hydrogen-bond donors (Lipinski definition) is 2. The van der Waals surface area contributed by atoms with Crippen molar-refractivity contribution in [1.29, 1.82) is 0 Å².